The SMILES string of the molecule is CN(C)c1ccccc1.O=C(Nc1ccccn1)[C@@H]1Cc2ccc(C#CCN3CCCC4(CCOCC4)C3=O)cc2C1. The fourth-order valence-corrected chi connectivity index (χ4v) is 6.04. The van der Waals surface area contributed by atoms with Crippen LogP contribution >= 0.6 is 0 Å². The number of benzene rings is 2. The fourth-order valence-electron chi connectivity index (χ4n) is 6.04. The van der Waals surface area contributed by atoms with E-state index in [-0.39, 0.29) is 23.1 Å². The molecule has 2 amide bonds. The Morgan fingerprint density at radius 2 is 1.79 bits per heavy atom. The molecule has 42 heavy (non-hydrogen) atoms. The predicted octanol–water partition coefficient (Wildman–Crippen LogP) is 4.96. The first-order valence-corrected chi connectivity index (χ1v) is 14.9. The van der Waals surface area contributed by atoms with Gasteiger partial charge in [-0.15, -0.1) is 0 Å². The van der Waals surface area contributed by atoms with Crippen molar-refractivity contribution in [2.24, 2.45) is 11.3 Å². The molecule has 3 aliphatic rings. The number of para-hydroxylation sites is 1. The van der Waals surface area contributed by atoms with Crippen molar-refractivity contribution in [2.45, 2.75) is 38.5 Å². The molecule has 3 heterocycles. The van der Waals surface area contributed by atoms with Gasteiger partial charge in [0.25, 0.3) is 0 Å². The number of piperidine rings is 1. The first kappa shape index (κ1) is 29.3. The lowest BCUT2D eigenvalue weighted by Gasteiger charge is -2.43. The van der Waals surface area contributed by atoms with Crippen LogP contribution in [-0.4, -0.2) is 62.1 Å². The van der Waals surface area contributed by atoms with Crippen molar-refractivity contribution in [1.29, 1.82) is 0 Å². The third-order valence-electron chi connectivity index (χ3n) is 8.48. The summed E-state index contributed by atoms with van der Waals surface area (Å²) in [7, 11) is 4.07. The third-order valence-corrected chi connectivity index (χ3v) is 8.48. The minimum atomic E-state index is -0.226. The molecule has 6 rings (SSSR count). The predicted molar refractivity (Wildman–Crippen MR) is 166 cm³/mol. The van der Waals surface area contributed by atoms with Gasteiger partial charge in [-0.2, -0.15) is 0 Å². The summed E-state index contributed by atoms with van der Waals surface area (Å²) < 4.78 is 5.48. The van der Waals surface area contributed by atoms with Crippen LogP contribution in [0.3, 0.4) is 0 Å². The quantitative estimate of drug-likeness (QED) is 0.454. The molecule has 7 heteroatoms. The molecule has 2 aliphatic heterocycles. The number of carbonyl (C=O) groups is 2. The molecule has 2 saturated heterocycles. The van der Waals surface area contributed by atoms with Crippen LogP contribution in [0, 0.1) is 23.2 Å². The van der Waals surface area contributed by atoms with E-state index >= 15 is 0 Å². The van der Waals surface area contributed by atoms with Gasteiger partial charge in [-0.3, -0.25) is 9.59 Å². The van der Waals surface area contributed by atoms with Gasteiger partial charge in [0.1, 0.15) is 5.82 Å². The number of amides is 2. The number of anilines is 2. The number of rotatable bonds is 4. The zero-order valence-electron chi connectivity index (χ0n) is 24.6. The second-order valence-corrected chi connectivity index (χ2v) is 11.5. The smallest absolute Gasteiger partial charge is 0.229 e. The van der Waals surface area contributed by atoms with E-state index in [2.05, 4.69) is 51.3 Å². The zero-order chi connectivity index (χ0) is 29.4. The standard InChI is InChI=1S/C27H29N3O3.C8H11N/c31-25(29-24-6-1-2-12-28-24)23-18-21-8-7-20(17-22(21)19-23)5-3-13-30-14-4-9-27(26(30)32)10-15-33-16-11-27;1-9(2)8-6-4-3-5-7-8/h1-2,6-8,12,17,23H,4,9-11,13-16,18-19H2,(H,28,29,31);3-7H,1-2H3/t23-;/m1./s1. The second-order valence-electron chi connectivity index (χ2n) is 11.5. The van der Waals surface area contributed by atoms with Crippen LogP contribution < -0.4 is 10.2 Å². The van der Waals surface area contributed by atoms with Gasteiger partial charge >= 0.3 is 0 Å². The largest absolute Gasteiger partial charge is 0.381 e. The number of nitrogens with one attached hydrogen (secondary N) is 1. The van der Waals surface area contributed by atoms with E-state index in [4.69, 9.17) is 4.74 Å². The molecule has 0 radical (unpaired) electrons. The van der Waals surface area contributed by atoms with Gasteiger partial charge in [-0.05, 0) is 86.1 Å². The Labute approximate surface area is 249 Å². The molecule has 1 aliphatic carbocycles. The molecule has 0 bridgehead atoms. The Morgan fingerprint density at radius 3 is 2.50 bits per heavy atom. The molecular weight excluding hydrogens is 524 g/mol. The second kappa shape index (κ2) is 13.7. The van der Waals surface area contributed by atoms with Crippen LogP contribution in [0.15, 0.2) is 72.9 Å². The van der Waals surface area contributed by atoms with Crippen LogP contribution in [0.1, 0.15) is 42.4 Å². The summed E-state index contributed by atoms with van der Waals surface area (Å²) in [5, 5.41) is 2.91. The molecule has 1 N–H and O–H groups in total. The van der Waals surface area contributed by atoms with Crippen molar-refractivity contribution in [2.75, 3.05) is 50.6 Å². The van der Waals surface area contributed by atoms with Crippen LogP contribution in [0.4, 0.5) is 11.5 Å². The monoisotopic (exact) mass is 564 g/mol. The normalized spacial score (nSPS) is 18.7. The van der Waals surface area contributed by atoms with E-state index < -0.39 is 0 Å². The van der Waals surface area contributed by atoms with Crippen LogP contribution in [0.2, 0.25) is 0 Å². The van der Waals surface area contributed by atoms with E-state index in [1.165, 1.54) is 16.8 Å². The molecule has 1 aromatic heterocycles. The molecule has 7 nitrogen and oxygen atoms in total. The molecule has 1 spiro atoms. The molecule has 2 fully saturated rings. The zero-order valence-corrected chi connectivity index (χ0v) is 24.6. The lowest BCUT2D eigenvalue weighted by molar-refractivity contribution is -0.152. The maximum atomic E-state index is 13.1. The van der Waals surface area contributed by atoms with E-state index in [0.29, 0.717) is 32.0 Å². The van der Waals surface area contributed by atoms with E-state index in [1.54, 1.807) is 12.3 Å². The van der Waals surface area contributed by atoms with Crippen molar-refractivity contribution in [1.82, 2.24) is 9.88 Å². The molecule has 218 valence electrons. The van der Waals surface area contributed by atoms with Gasteiger partial charge in [0.2, 0.25) is 11.8 Å². The molecule has 1 atom stereocenters. The average molecular weight is 565 g/mol. The number of ether oxygens (including phenoxy) is 1. The highest BCUT2D eigenvalue weighted by molar-refractivity contribution is 5.92. The Kier molecular flexibility index (Phi) is 9.55. The van der Waals surface area contributed by atoms with Gasteiger partial charge in [-0.25, -0.2) is 4.98 Å². The minimum Gasteiger partial charge on any atom is -0.381 e. The first-order valence-electron chi connectivity index (χ1n) is 14.9. The maximum absolute atomic E-state index is 13.1. The van der Waals surface area contributed by atoms with Crippen LogP contribution in [0.25, 0.3) is 0 Å². The summed E-state index contributed by atoms with van der Waals surface area (Å²) in [6.45, 7) is 2.61. The van der Waals surface area contributed by atoms with Crippen LogP contribution in [-0.2, 0) is 27.2 Å². The van der Waals surface area contributed by atoms with Gasteiger partial charge in [0, 0.05) is 57.2 Å². The van der Waals surface area contributed by atoms with E-state index in [1.807, 2.05) is 55.4 Å². The summed E-state index contributed by atoms with van der Waals surface area (Å²) in [6.07, 6.45) is 6.78. The van der Waals surface area contributed by atoms with Gasteiger partial charge in [0.05, 0.1) is 12.0 Å². The van der Waals surface area contributed by atoms with E-state index in [0.717, 1.165) is 44.2 Å². The van der Waals surface area contributed by atoms with Crippen LogP contribution in [0.5, 0.6) is 0 Å². The van der Waals surface area contributed by atoms with Crippen molar-refractivity contribution in [3.8, 4) is 11.8 Å². The summed E-state index contributed by atoms with van der Waals surface area (Å²) in [4.78, 5) is 33.9. The highest BCUT2D eigenvalue weighted by Gasteiger charge is 2.44. The number of nitrogens with zero attached hydrogens (tertiary/aromatic N) is 3. The summed E-state index contributed by atoms with van der Waals surface area (Å²) in [5.41, 5.74) is 4.34. The first-order chi connectivity index (χ1) is 20.4. The minimum absolute atomic E-state index is 0.00295. The van der Waals surface area contributed by atoms with E-state index in [9.17, 15) is 9.59 Å². The van der Waals surface area contributed by atoms with Crippen molar-refractivity contribution in [3.63, 3.8) is 0 Å². The topological polar surface area (TPSA) is 74.8 Å². The van der Waals surface area contributed by atoms with Gasteiger partial charge in [-0.1, -0.05) is 42.2 Å². The summed E-state index contributed by atoms with van der Waals surface area (Å²) in [5.74, 6) is 7.20. The van der Waals surface area contributed by atoms with Gasteiger partial charge < -0.3 is 19.9 Å². The highest BCUT2D eigenvalue weighted by Crippen LogP contribution is 2.40. The molecule has 2 aromatic carbocycles. The molecule has 0 saturated carbocycles. The maximum Gasteiger partial charge on any atom is 0.229 e. The molecule has 3 aromatic rings. The Morgan fingerprint density at radius 1 is 1.02 bits per heavy atom. The Bertz CT molecular complexity index is 1420. The number of aromatic nitrogens is 1. The Hall–Kier alpha value is -4.15. The number of hydrogen-bond acceptors (Lipinski definition) is 5. The average Bonchev–Trinajstić information content (AvgIpc) is 3.45. The van der Waals surface area contributed by atoms with Crippen molar-refractivity contribution in [3.05, 3.63) is 89.6 Å². The molecule has 0 unspecified atom stereocenters. The third kappa shape index (κ3) is 7.18. The lowest BCUT2D eigenvalue weighted by Crippen LogP contribution is -2.51. The van der Waals surface area contributed by atoms with Crippen molar-refractivity contribution >= 4 is 23.3 Å². The fraction of sp³-hybridized carbons (Fsp3) is 0.400. The summed E-state index contributed by atoms with van der Waals surface area (Å²) >= 11 is 0. The Balaban J connectivity index is 0.000000336. The van der Waals surface area contributed by atoms with Gasteiger partial charge in [0.15, 0.2) is 0 Å². The van der Waals surface area contributed by atoms with Crippen molar-refractivity contribution < 1.29 is 14.3 Å². The number of likely N-dealkylation sites (tertiary alicyclic amines) is 1. The number of fused-ring (bicyclic) bond motifs is 1. The highest BCUT2D eigenvalue weighted by atomic mass is 16.5. The summed E-state index contributed by atoms with van der Waals surface area (Å²) in [6, 6.07) is 21.9. The molecular formula is C35H40N4O3. The lowest BCUT2D eigenvalue weighted by atomic mass is 9.73. The number of carbonyl (C=O) groups excluding carboxylic acids is 2. The number of hydrogen-bond donors (Lipinski definition) is 1. The number of pyridine rings is 1.